The van der Waals surface area contributed by atoms with E-state index in [1.54, 1.807) is 19.0 Å². The first-order valence-corrected chi connectivity index (χ1v) is 9.22. The van der Waals surface area contributed by atoms with Crippen molar-refractivity contribution in [1.29, 1.82) is 0 Å². The summed E-state index contributed by atoms with van der Waals surface area (Å²) in [4.78, 5) is 20.5. The van der Waals surface area contributed by atoms with E-state index in [-0.39, 0.29) is 12.5 Å². The van der Waals surface area contributed by atoms with Crippen molar-refractivity contribution in [3.8, 4) is 0 Å². The molecule has 0 spiro atoms. The van der Waals surface area contributed by atoms with Crippen molar-refractivity contribution in [2.45, 2.75) is 51.6 Å². The first kappa shape index (κ1) is 17.8. The molecule has 1 amide bonds. The van der Waals surface area contributed by atoms with Crippen molar-refractivity contribution in [3.05, 3.63) is 21.9 Å². The molecule has 1 aromatic rings. The fourth-order valence-electron chi connectivity index (χ4n) is 2.58. The van der Waals surface area contributed by atoms with E-state index < -0.39 is 0 Å². The quantitative estimate of drug-likeness (QED) is 0.619. The Morgan fingerprint density at radius 1 is 1.30 bits per heavy atom. The number of hydrogen-bond donors (Lipinski definition) is 2. The van der Waals surface area contributed by atoms with Crippen molar-refractivity contribution in [1.82, 2.24) is 15.5 Å². The number of aliphatic imine (C=N–C) groups is 1. The minimum Gasteiger partial charge on any atom is -0.354 e. The van der Waals surface area contributed by atoms with Crippen molar-refractivity contribution in [2.75, 3.05) is 20.6 Å². The Bertz CT molecular complexity index is 532. The van der Waals surface area contributed by atoms with E-state index in [1.807, 2.05) is 11.3 Å². The molecule has 5 nitrogen and oxygen atoms in total. The topological polar surface area (TPSA) is 56.7 Å². The molecule has 1 aliphatic carbocycles. The molecule has 1 aromatic heterocycles. The number of nitrogens with one attached hydrogen (secondary N) is 2. The van der Waals surface area contributed by atoms with E-state index in [2.05, 4.69) is 34.7 Å². The molecular weight excluding hydrogens is 308 g/mol. The van der Waals surface area contributed by atoms with E-state index in [1.165, 1.54) is 35.4 Å². The highest BCUT2D eigenvalue weighted by Crippen LogP contribution is 2.18. The first-order valence-electron chi connectivity index (χ1n) is 8.41. The summed E-state index contributed by atoms with van der Waals surface area (Å²) in [6, 6.07) is 4.82. The minimum absolute atomic E-state index is 0.0157. The van der Waals surface area contributed by atoms with Gasteiger partial charge in [-0.05, 0) is 31.4 Å². The van der Waals surface area contributed by atoms with Crippen molar-refractivity contribution in [3.63, 3.8) is 0 Å². The first-order chi connectivity index (χ1) is 11.1. The Labute approximate surface area is 143 Å². The van der Waals surface area contributed by atoms with Gasteiger partial charge < -0.3 is 15.5 Å². The highest BCUT2D eigenvalue weighted by atomic mass is 32.1. The number of guanidine groups is 1. The molecule has 0 aromatic carbocycles. The van der Waals surface area contributed by atoms with Gasteiger partial charge in [0.05, 0.1) is 6.54 Å². The Morgan fingerprint density at radius 2 is 2.00 bits per heavy atom. The molecule has 6 heteroatoms. The Hall–Kier alpha value is -1.56. The second kappa shape index (κ2) is 8.91. The average Bonchev–Trinajstić information content (AvgIpc) is 3.20. The highest BCUT2D eigenvalue weighted by Gasteiger charge is 2.16. The maximum absolute atomic E-state index is 11.8. The number of nitrogens with zero attached hydrogens (tertiary/aromatic N) is 2. The molecule has 2 rings (SSSR count). The number of likely N-dealkylation sites (N-methyl/N-ethyl adjacent to an activating group) is 1. The van der Waals surface area contributed by atoms with Gasteiger partial charge in [0.25, 0.3) is 0 Å². The fourth-order valence-corrected chi connectivity index (χ4v) is 3.48. The summed E-state index contributed by atoms with van der Waals surface area (Å²) in [5.41, 5.74) is 0. The van der Waals surface area contributed by atoms with Gasteiger partial charge in [0.15, 0.2) is 5.96 Å². The van der Waals surface area contributed by atoms with Gasteiger partial charge in [-0.1, -0.05) is 19.8 Å². The zero-order valence-corrected chi connectivity index (χ0v) is 15.2. The molecule has 1 heterocycles. The second-order valence-electron chi connectivity index (χ2n) is 6.15. The zero-order valence-electron chi connectivity index (χ0n) is 14.4. The van der Waals surface area contributed by atoms with Gasteiger partial charge in [0, 0.05) is 29.9 Å². The van der Waals surface area contributed by atoms with Crippen LogP contribution in [0.25, 0.3) is 0 Å². The van der Waals surface area contributed by atoms with Crippen LogP contribution < -0.4 is 10.6 Å². The van der Waals surface area contributed by atoms with E-state index >= 15 is 0 Å². The number of thiophene rings is 1. The number of amides is 1. The predicted molar refractivity (Wildman–Crippen MR) is 96.9 cm³/mol. The predicted octanol–water partition coefficient (Wildman–Crippen LogP) is 2.38. The molecule has 0 atom stereocenters. The van der Waals surface area contributed by atoms with Gasteiger partial charge >= 0.3 is 0 Å². The normalized spacial score (nSPS) is 15.7. The number of carbonyl (C=O) groups is 1. The van der Waals surface area contributed by atoms with Gasteiger partial charge in [-0.2, -0.15) is 0 Å². The number of hydrogen-bond acceptors (Lipinski definition) is 3. The van der Waals surface area contributed by atoms with Crippen LogP contribution in [0.1, 0.15) is 42.4 Å². The molecule has 1 aliphatic rings. The summed E-state index contributed by atoms with van der Waals surface area (Å²) in [6.45, 7) is 3.10. The van der Waals surface area contributed by atoms with Gasteiger partial charge in [0.2, 0.25) is 5.91 Å². The Balaban J connectivity index is 1.93. The second-order valence-corrected chi connectivity index (χ2v) is 7.41. The molecule has 0 radical (unpaired) electrons. The van der Waals surface area contributed by atoms with Crippen LogP contribution >= 0.6 is 11.3 Å². The average molecular weight is 337 g/mol. The monoisotopic (exact) mass is 336 g/mol. The van der Waals surface area contributed by atoms with E-state index in [9.17, 15) is 4.79 Å². The van der Waals surface area contributed by atoms with Crippen LogP contribution in [0, 0.1) is 0 Å². The van der Waals surface area contributed by atoms with E-state index in [0.717, 1.165) is 18.9 Å². The maximum Gasteiger partial charge on any atom is 0.243 e. The smallest absolute Gasteiger partial charge is 0.243 e. The Kier molecular flexibility index (Phi) is 6.89. The minimum atomic E-state index is 0.0157. The number of carbonyl (C=O) groups excluding carboxylic acids is 1. The summed E-state index contributed by atoms with van der Waals surface area (Å²) in [5.74, 6) is 0.764. The Morgan fingerprint density at radius 3 is 2.61 bits per heavy atom. The van der Waals surface area contributed by atoms with Crippen molar-refractivity contribution in [2.24, 2.45) is 4.99 Å². The summed E-state index contributed by atoms with van der Waals surface area (Å²) in [6.07, 6.45) is 5.98. The largest absolute Gasteiger partial charge is 0.354 e. The molecule has 0 aliphatic heterocycles. The molecule has 0 saturated heterocycles. The standard InChI is InChI=1S/C17H28N4OS/c1-4-14-9-10-15(23-14)11-18-17(19-12-16(22)21(2)3)20-13-7-5-6-8-13/h9-10,13H,4-8,11-12H2,1-3H3,(H2,18,19,20). The molecular formula is C17H28N4OS. The van der Waals surface area contributed by atoms with Gasteiger partial charge in [-0.3, -0.25) is 4.79 Å². The number of aryl methyl sites for hydroxylation is 1. The van der Waals surface area contributed by atoms with Gasteiger partial charge in [-0.25, -0.2) is 4.99 Å². The van der Waals surface area contributed by atoms with E-state index in [0.29, 0.717) is 6.04 Å². The summed E-state index contributed by atoms with van der Waals surface area (Å²) < 4.78 is 0. The molecule has 23 heavy (non-hydrogen) atoms. The molecule has 2 N–H and O–H groups in total. The van der Waals surface area contributed by atoms with Crippen LogP contribution in [0.15, 0.2) is 17.1 Å². The van der Waals surface area contributed by atoms with Gasteiger partial charge in [-0.15, -0.1) is 11.3 Å². The number of rotatable bonds is 6. The van der Waals surface area contributed by atoms with Crippen LogP contribution in [-0.4, -0.2) is 43.4 Å². The molecule has 0 unspecified atom stereocenters. The van der Waals surface area contributed by atoms with Gasteiger partial charge in [0.1, 0.15) is 6.54 Å². The lowest BCUT2D eigenvalue weighted by Gasteiger charge is -2.17. The molecule has 0 bridgehead atoms. The fraction of sp³-hybridized carbons (Fsp3) is 0.647. The third-order valence-electron chi connectivity index (χ3n) is 4.06. The van der Waals surface area contributed by atoms with Crippen LogP contribution in [0.3, 0.4) is 0 Å². The van der Waals surface area contributed by atoms with Crippen LogP contribution in [0.2, 0.25) is 0 Å². The SMILES string of the molecule is CCc1ccc(CNC(=NCC(=O)N(C)C)NC2CCCC2)s1. The molecule has 1 saturated carbocycles. The lowest BCUT2D eigenvalue weighted by molar-refractivity contribution is -0.127. The van der Waals surface area contributed by atoms with E-state index in [4.69, 9.17) is 0 Å². The lowest BCUT2D eigenvalue weighted by Crippen LogP contribution is -2.42. The molecule has 1 fully saturated rings. The summed E-state index contributed by atoms with van der Waals surface area (Å²) >= 11 is 1.83. The maximum atomic E-state index is 11.8. The van der Waals surface area contributed by atoms with Crippen LogP contribution in [0.4, 0.5) is 0 Å². The highest BCUT2D eigenvalue weighted by molar-refractivity contribution is 7.11. The third-order valence-corrected chi connectivity index (χ3v) is 5.29. The molecule has 128 valence electrons. The van der Waals surface area contributed by atoms with Crippen LogP contribution in [0.5, 0.6) is 0 Å². The van der Waals surface area contributed by atoms with Crippen molar-refractivity contribution < 1.29 is 4.79 Å². The third kappa shape index (κ3) is 5.86. The zero-order chi connectivity index (χ0) is 16.7. The summed E-state index contributed by atoms with van der Waals surface area (Å²) in [5, 5.41) is 6.85. The lowest BCUT2D eigenvalue weighted by atomic mass is 10.2. The van der Waals surface area contributed by atoms with Crippen LogP contribution in [-0.2, 0) is 17.8 Å². The van der Waals surface area contributed by atoms with Crippen molar-refractivity contribution >= 4 is 23.2 Å². The summed E-state index contributed by atoms with van der Waals surface area (Å²) in [7, 11) is 3.51.